The summed E-state index contributed by atoms with van der Waals surface area (Å²) < 4.78 is 37.2. The average Bonchev–Trinajstić information content (AvgIpc) is 2.91. The van der Waals surface area contributed by atoms with Gasteiger partial charge in [0.1, 0.15) is 24.1 Å². The van der Waals surface area contributed by atoms with Crippen LogP contribution < -0.4 is 19.1 Å². The number of carbonyl (C=O) groups excluding carboxylic acids is 2. The molecule has 10 heteroatoms. The zero-order valence-electron chi connectivity index (χ0n) is 22.7. The Labute approximate surface area is 226 Å². The van der Waals surface area contributed by atoms with Crippen LogP contribution in [0.2, 0.25) is 0 Å². The summed E-state index contributed by atoms with van der Waals surface area (Å²) in [6.07, 6.45) is 6.57. The van der Waals surface area contributed by atoms with Crippen molar-refractivity contribution in [3.63, 3.8) is 0 Å². The van der Waals surface area contributed by atoms with Gasteiger partial charge in [0.15, 0.2) is 0 Å². The van der Waals surface area contributed by atoms with Crippen LogP contribution in [-0.4, -0.2) is 64.2 Å². The molecule has 38 heavy (non-hydrogen) atoms. The standard InChI is InChI=1S/C28H39N3O6S/c1-5-26(28(33)29-22-12-7-6-8-13-22)30(19-21-11-9-15-24(17-21)36-2)27(32)20-31(38(4,34)35)23-14-10-16-25(18-23)37-3/h9-11,14-18,22,26H,5-8,12-13,19-20H2,1-4H3,(H,29,33)/t26-/m0/s1. The highest BCUT2D eigenvalue weighted by Gasteiger charge is 2.33. The predicted octanol–water partition coefficient (Wildman–Crippen LogP) is 3.73. The van der Waals surface area contributed by atoms with Crippen LogP contribution in [-0.2, 0) is 26.2 Å². The lowest BCUT2D eigenvalue weighted by molar-refractivity contribution is -0.140. The molecular formula is C28H39N3O6S. The lowest BCUT2D eigenvalue weighted by atomic mass is 9.95. The number of nitrogens with zero attached hydrogens (tertiary/aromatic N) is 2. The van der Waals surface area contributed by atoms with Crippen molar-refractivity contribution in [2.24, 2.45) is 0 Å². The van der Waals surface area contributed by atoms with Crippen LogP contribution in [0, 0.1) is 0 Å². The fourth-order valence-electron chi connectivity index (χ4n) is 4.81. The van der Waals surface area contributed by atoms with E-state index in [-0.39, 0.29) is 18.5 Å². The Morgan fingerprint density at radius 1 is 1.00 bits per heavy atom. The molecule has 9 nitrogen and oxygen atoms in total. The molecule has 1 aliphatic carbocycles. The van der Waals surface area contributed by atoms with E-state index in [1.807, 2.05) is 25.1 Å². The Hall–Kier alpha value is -3.27. The number of hydrogen-bond donors (Lipinski definition) is 1. The molecule has 1 aliphatic rings. The maximum absolute atomic E-state index is 13.9. The van der Waals surface area contributed by atoms with E-state index in [0.29, 0.717) is 23.6 Å². The smallest absolute Gasteiger partial charge is 0.244 e. The second-order valence-electron chi connectivity index (χ2n) is 9.61. The number of benzene rings is 2. The van der Waals surface area contributed by atoms with E-state index in [1.165, 1.54) is 12.0 Å². The van der Waals surface area contributed by atoms with Crippen molar-refractivity contribution < 1.29 is 27.5 Å². The third-order valence-electron chi connectivity index (χ3n) is 6.85. The summed E-state index contributed by atoms with van der Waals surface area (Å²) in [5.41, 5.74) is 1.08. The zero-order chi connectivity index (χ0) is 27.7. The number of ether oxygens (including phenoxy) is 2. The summed E-state index contributed by atoms with van der Waals surface area (Å²) in [5.74, 6) is 0.397. The van der Waals surface area contributed by atoms with E-state index >= 15 is 0 Å². The summed E-state index contributed by atoms with van der Waals surface area (Å²) in [4.78, 5) is 28.8. The number of amides is 2. The van der Waals surface area contributed by atoms with Crippen molar-refractivity contribution in [1.29, 1.82) is 0 Å². The number of carbonyl (C=O) groups is 2. The summed E-state index contributed by atoms with van der Waals surface area (Å²) >= 11 is 0. The lowest BCUT2D eigenvalue weighted by Gasteiger charge is -2.34. The highest BCUT2D eigenvalue weighted by molar-refractivity contribution is 7.92. The van der Waals surface area contributed by atoms with Crippen molar-refractivity contribution in [1.82, 2.24) is 10.2 Å². The molecule has 0 spiro atoms. The minimum atomic E-state index is -3.82. The van der Waals surface area contributed by atoms with Crippen molar-refractivity contribution in [3.8, 4) is 11.5 Å². The summed E-state index contributed by atoms with van der Waals surface area (Å²) in [6, 6.07) is 13.1. The van der Waals surface area contributed by atoms with Gasteiger partial charge in [-0.1, -0.05) is 44.4 Å². The lowest BCUT2D eigenvalue weighted by Crippen LogP contribution is -2.53. The largest absolute Gasteiger partial charge is 0.497 e. The molecule has 1 atom stereocenters. The minimum Gasteiger partial charge on any atom is -0.497 e. The van der Waals surface area contributed by atoms with Crippen LogP contribution in [0.3, 0.4) is 0 Å². The summed E-state index contributed by atoms with van der Waals surface area (Å²) in [5, 5.41) is 3.14. The molecule has 0 saturated heterocycles. The number of hydrogen-bond acceptors (Lipinski definition) is 6. The molecule has 0 aliphatic heterocycles. The highest BCUT2D eigenvalue weighted by Crippen LogP contribution is 2.25. The number of rotatable bonds is 12. The molecule has 208 valence electrons. The van der Waals surface area contributed by atoms with Gasteiger partial charge in [-0.2, -0.15) is 0 Å². The Morgan fingerprint density at radius 3 is 2.24 bits per heavy atom. The second-order valence-corrected chi connectivity index (χ2v) is 11.5. The fourth-order valence-corrected chi connectivity index (χ4v) is 5.65. The molecule has 0 heterocycles. The van der Waals surface area contributed by atoms with Crippen LogP contribution in [0.15, 0.2) is 48.5 Å². The quantitative estimate of drug-likeness (QED) is 0.436. The molecule has 0 aromatic heterocycles. The van der Waals surface area contributed by atoms with Gasteiger partial charge in [-0.05, 0) is 49.1 Å². The van der Waals surface area contributed by atoms with E-state index in [1.54, 1.807) is 37.4 Å². The summed E-state index contributed by atoms with van der Waals surface area (Å²) in [6.45, 7) is 1.53. The van der Waals surface area contributed by atoms with Gasteiger partial charge in [0.05, 0.1) is 26.2 Å². The van der Waals surface area contributed by atoms with E-state index in [2.05, 4.69) is 5.32 Å². The maximum Gasteiger partial charge on any atom is 0.244 e. The first-order chi connectivity index (χ1) is 18.2. The normalized spacial score (nSPS) is 14.8. The molecule has 1 saturated carbocycles. The molecule has 2 amide bonds. The monoisotopic (exact) mass is 545 g/mol. The third-order valence-corrected chi connectivity index (χ3v) is 7.99. The van der Waals surface area contributed by atoms with E-state index in [0.717, 1.165) is 48.2 Å². The summed E-state index contributed by atoms with van der Waals surface area (Å²) in [7, 11) is -0.771. The van der Waals surface area contributed by atoms with Crippen LogP contribution in [0.25, 0.3) is 0 Å². The molecule has 3 rings (SSSR count). The van der Waals surface area contributed by atoms with Gasteiger partial charge in [-0.3, -0.25) is 13.9 Å². The predicted molar refractivity (Wildman–Crippen MR) is 148 cm³/mol. The van der Waals surface area contributed by atoms with E-state index in [4.69, 9.17) is 9.47 Å². The first-order valence-electron chi connectivity index (χ1n) is 13.0. The molecule has 1 fully saturated rings. The fraction of sp³-hybridized carbons (Fsp3) is 0.500. The van der Waals surface area contributed by atoms with Crippen LogP contribution in [0.5, 0.6) is 11.5 Å². The molecule has 0 radical (unpaired) electrons. The Kier molecular flexibility index (Phi) is 10.4. The Morgan fingerprint density at radius 2 is 1.63 bits per heavy atom. The van der Waals surface area contributed by atoms with E-state index in [9.17, 15) is 18.0 Å². The Balaban J connectivity index is 1.93. The van der Waals surface area contributed by atoms with Crippen LogP contribution in [0.1, 0.15) is 51.0 Å². The maximum atomic E-state index is 13.9. The topological polar surface area (TPSA) is 105 Å². The third kappa shape index (κ3) is 7.86. The SMILES string of the molecule is CC[C@@H](C(=O)NC1CCCCC1)N(Cc1cccc(OC)c1)C(=O)CN(c1cccc(OC)c1)S(C)(=O)=O. The molecule has 0 bridgehead atoms. The molecule has 2 aromatic carbocycles. The van der Waals surface area contributed by atoms with Crippen molar-refractivity contribution in [2.75, 3.05) is 31.3 Å². The second kappa shape index (κ2) is 13.5. The number of nitrogens with one attached hydrogen (secondary N) is 1. The number of methoxy groups -OCH3 is 2. The van der Waals surface area contributed by atoms with Crippen LogP contribution >= 0.6 is 0 Å². The zero-order valence-corrected chi connectivity index (χ0v) is 23.5. The minimum absolute atomic E-state index is 0.0865. The molecule has 0 unspecified atom stereocenters. The molecular weight excluding hydrogens is 506 g/mol. The van der Waals surface area contributed by atoms with Gasteiger partial charge >= 0.3 is 0 Å². The van der Waals surface area contributed by atoms with Gasteiger partial charge in [-0.15, -0.1) is 0 Å². The van der Waals surface area contributed by atoms with Crippen molar-refractivity contribution in [3.05, 3.63) is 54.1 Å². The number of anilines is 1. The molecule has 2 aromatic rings. The van der Waals surface area contributed by atoms with Gasteiger partial charge in [-0.25, -0.2) is 8.42 Å². The van der Waals surface area contributed by atoms with Crippen molar-refractivity contribution >= 4 is 27.5 Å². The van der Waals surface area contributed by atoms with E-state index < -0.39 is 28.5 Å². The molecule has 1 N–H and O–H groups in total. The Bertz CT molecular complexity index is 1200. The first kappa shape index (κ1) is 29.3. The number of sulfonamides is 1. The first-order valence-corrected chi connectivity index (χ1v) is 14.9. The highest BCUT2D eigenvalue weighted by atomic mass is 32.2. The van der Waals surface area contributed by atoms with Gasteiger partial charge < -0.3 is 19.7 Å². The van der Waals surface area contributed by atoms with Crippen LogP contribution in [0.4, 0.5) is 5.69 Å². The average molecular weight is 546 g/mol. The van der Waals surface area contributed by atoms with Gasteiger partial charge in [0, 0.05) is 18.7 Å². The van der Waals surface area contributed by atoms with Crippen molar-refractivity contribution in [2.45, 2.75) is 64.1 Å². The van der Waals surface area contributed by atoms with Gasteiger partial charge in [0.25, 0.3) is 0 Å². The van der Waals surface area contributed by atoms with Gasteiger partial charge in [0.2, 0.25) is 21.8 Å².